The first-order chi connectivity index (χ1) is 13.8. The van der Waals surface area contributed by atoms with Gasteiger partial charge in [0.1, 0.15) is 5.82 Å². The van der Waals surface area contributed by atoms with Crippen molar-refractivity contribution in [3.8, 4) is 0 Å². The van der Waals surface area contributed by atoms with Crippen molar-refractivity contribution in [1.29, 1.82) is 0 Å². The molecular weight excluding hydrogens is 350 g/mol. The number of hydrogen-bond donors (Lipinski definition) is 3. The average Bonchev–Trinajstić information content (AvgIpc) is 3.14. The number of imidazole rings is 1. The molecule has 0 atom stereocenters. The van der Waals surface area contributed by atoms with Crippen LogP contribution in [0.15, 0.2) is 29.3 Å². The van der Waals surface area contributed by atoms with Gasteiger partial charge in [0.15, 0.2) is 5.96 Å². The quantitative estimate of drug-likeness (QED) is 0.330. The lowest BCUT2D eigenvalue weighted by Gasteiger charge is -2.22. The summed E-state index contributed by atoms with van der Waals surface area (Å²) in [4.78, 5) is 12.7. The van der Waals surface area contributed by atoms with E-state index in [1.54, 1.807) is 0 Å². The molecule has 3 N–H and O–H groups in total. The highest BCUT2D eigenvalue weighted by molar-refractivity contribution is 5.79. The van der Waals surface area contributed by atoms with Gasteiger partial charge in [-0.25, -0.2) is 4.98 Å². The summed E-state index contributed by atoms with van der Waals surface area (Å²) < 4.78 is 5.99. The Balaban J connectivity index is 1.32. The zero-order chi connectivity index (χ0) is 19.4. The van der Waals surface area contributed by atoms with Gasteiger partial charge >= 0.3 is 0 Å². The van der Waals surface area contributed by atoms with Gasteiger partial charge in [-0.3, -0.25) is 4.99 Å². The number of H-pyrrole nitrogens is 1. The molecule has 1 heterocycles. The molecule has 0 radical (unpaired) electrons. The molecule has 0 unspecified atom stereocenters. The van der Waals surface area contributed by atoms with Crippen molar-refractivity contribution in [3.63, 3.8) is 0 Å². The number of ether oxygens (including phenoxy) is 1. The molecule has 1 saturated carbocycles. The number of nitrogens with zero attached hydrogens (tertiary/aromatic N) is 2. The first kappa shape index (κ1) is 20.6. The van der Waals surface area contributed by atoms with E-state index in [2.05, 4.69) is 38.6 Å². The van der Waals surface area contributed by atoms with Crippen LogP contribution in [0.25, 0.3) is 11.0 Å². The van der Waals surface area contributed by atoms with Crippen molar-refractivity contribution < 1.29 is 4.74 Å². The maximum Gasteiger partial charge on any atom is 0.191 e. The van der Waals surface area contributed by atoms with Gasteiger partial charge in [0.2, 0.25) is 0 Å². The second kappa shape index (κ2) is 11.7. The Bertz CT molecular complexity index is 688. The molecule has 154 valence electrons. The van der Waals surface area contributed by atoms with E-state index in [0.29, 0.717) is 6.10 Å². The Morgan fingerprint density at radius 2 is 2.04 bits per heavy atom. The molecule has 1 aliphatic carbocycles. The third kappa shape index (κ3) is 6.82. The van der Waals surface area contributed by atoms with Gasteiger partial charge in [0.05, 0.1) is 17.1 Å². The number of fused-ring (bicyclic) bond motifs is 1. The molecule has 0 saturated heterocycles. The summed E-state index contributed by atoms with van der Waals surface area (Å²) in [7, 11) is 0. The summed E-state index contributed by atoms with van der Waals surface area (Å²) >= 11 is 0. The number of aromatic amines is 1. The van der Waals surface area contributed by atoms with Crippen LogP contribution < -0.4 is 10.6 Å². The summed E-state index contributed by atoms with van der Waals surface area (Å²) in [6, 6.07) is 8.16. The lowest BCUT2D eigenvalue weighted by molar-refractivity contribution is 0.0277. The third-order valence-corrected chi connectivity index (χ3v) is 5.14. The van der Waals surface area contributed by atoms with Crippen LogP contribution in [0, 0.1) is 0 Å². The van der Waals surface area contributed by atoms with E-state index >= 15 is 0 Å². The monoisotopic (exact) mass is 385 g/mol. The van der Waals surface area contributed by atoms with Crippen LogP contribution in [0.2, 0.25) is 0 Å². The maximum atomic E-state index is 5.99. The number of aryl methyl sites for hydroxylation is 1. The Morgan fingerprint density at radius 3 is 2.86 bits per heavy atom. The molecule has 6 heteroatoms. The van der Waals surface area contributed by atoms with Crippen molar-refractivity contribution >= 4 is 17.0 Å². The van der Waals surface area contributed by atoms with Crippen LogP contribution >= 0.6 is 0 Å². The second-order valence-corrected chi connectivity index (χ2v) is 7.48. The smallest absolute Gasteiger partial charge is 0.191 e. The van der Waals surface area contributed by atoms with Crippen LogP contribution in [-0.2, 0) is 11.2 Å². The van der Waals surface area contributed by atoms with Gasteiger partial charge in [0, 0.05) is 32.7 Å². The number of guanidine groups is 1. The average molecular weight is 386 g/mol. The van der Waals surface area contributed by atoms with Gasteiger partial charge in [-0.15, -0.1) is 0 Å². The molecule has 3 rings (SSSR count). The maximum absolute atomic E-state index is 5.99. The summed E-state index contributed by atoms with van der Waals surface area (Å²) in [5, 5.41) is 6.73. The van der Waals surface area contributed by atoms with Gasteiger partial charge in [-0.1, -0.05) is 31.4 Å². The molecule has 1 aromatic heterocycles. The molecule has 1 fully saturated rings. The van der Waals surface area contributed by atoms with Crippen molar-refractivity contribution in [2.75, 3.05) is 26.2 Å². The topological polar surface area (TPSA) is 74.3 Å². The van der Waals surface area contributed by atoms with Crippen molar-refractivity contribution in [2.24, 2.45) is 4.99 Å². The van der Waals surface area contributed by atoms with E-state index < -0.39 is 0 Å². The van der Waals surface area contributed by atoms with Crippen molar-refractivity contribution in [3.05, 3.63) is 30.1 Å². The van der Waals surface area contributed by atoms with Crippen molar-refractivity contribution in [1.82, 2.24) is 20.6 Å². The zero-order valence-electron chi connectivity index (χ0n) is 17.2. The van der Waals surface area contributed by atoms with E-state index in [-0.39, 0.29) is 0 Å². The van der Waals surface area contributed by atoms with Crippen LogP contribution in [0.4, 0.5) is 0 Å². The SMILES string of the molecule is CCNC(=NCCCc1nc2ccccc2[nH]1)NCCCOC1CCCCC1. The Kier molecular flexibility index (Phi) is 8.62. The van der Waals surface area contributed by atoms with E-state index in [4.69, 9.17) is 4.74 Å². The first-order valence-corrected chi connectivity index (χ1v) is 10.9. The van der Waals surface area contributed by atoms with Gasteiger partial charge < -0.3 is 20.4 Å². The number of aromatic nitrogens is 2. The largest absolute Gasteiger partial charge is 0.378 e. The molecule has 0 amide bonds. The minimum absolute atomic E-state index is 0.494. The molecule has 1 aromatic carbocycles. The third-order valence-electron chi connectivity index (χ3n) is 5.14. The number of para-hydroxylation sites is 2. The van der Waals surface area contributed by atoms with Crippen molar-refractivity contribution in [2.45, 2.75) is 64.4 Å². The van der Waals surface area contributed by atoms with E-state index in [1.807, 2.05) is 18.2 Å². The number of hydrogen-bond acceptors (Lipinski definition) is 3. The van der Waals surface area contributed by atoms with Crippen LogP contribution in [0.1, 0.15) is 57.7 Å². The standard InChI is InChI=1S/C22H35N5O/c1-2-23-22(25-16-9-17-28-18-10-4-3-5-11-18)24-15-8-14-21-26-19-12-6-7-13-20(19)27-21/h6-7,12-13,18H,2-5,8-11,14-17H2,1H3,(H,26,27)(H2,23,24,25). The number of aliphatic imine (C=N–C) groups is 1. The van der Waals surface area contributed by atoms with Gasteiger partial charge in [-0.2, -0.15) is 0 Å². The Labute approximate surface area is 168 Å². The van der Waals surface area contributed by atoms with E-state index in [1.165, 1.54) is 32.1 Å². The summed E-state index contributed by atoms with van der Waals surface area (Å²) in [6.07, 6.45) is 9.90. The fourth-order valence-corrected chi connectivity index (χ4v) is 3.66. The fraction of sp³-hybridized carbons (Fsp3) is 0.636. The van der Waals surface area contributed by atoms with E-state index in [9.17, 15) is 0 Å². The van der Waals surface area contributed by atoms with Crippen LogP contribution in [0.5, 0.6) is 0 Å². The molecule has 0 spiro atoms. The first-order valence-electron chi connectivity index (χ1n) is 10.9. The molecule has 0 aliphatic heterocycles. The normalized spacial score (nSPS) is 15.8. The predicted octanol–water partition coefficient (Wildman–Crippen LogP) is 3.79. The predicted molar refractivity (Wildman–Crippen MR) is 116 cm³/mol. The molecule has 28 heavy (non-hydrogen) atoms. The van der Waals surface area contributed by atoms with Gasteiger partial charge in [-0.05, 0) is 44.7 Å². The second-order valence-electron chi connectivity index (χ2n) is 7.48. The summed E-state index contributed by atoms with van der Waals surface area (Å²) in [6.45, 7) is 5.47. The lowest BCUT2D eigenvalue weighted by Crippen LogP contribution is -2.38. The number of benzene rings is 1. The summed E-state index contributed by atoms with van der Waals surface area (Å²) in [5.41, 5.74) is 2.14. The minimum atomic E-state index is 0.494. The highest BCUT2D eigenvalue weighted by Crippen LogP contribution is 2.20. The lowest BCUT2D eigenvalue weighted by atomic mass is 9.98. The van der Waals surface area contributed by atoms with Gasteiger partial charge in [0.25, 0.3) is 0 Å². The highest BCUT2D eigenvalue weighted by atomic mass is 16.5. The molecule has 6 nitrogen and oxygen atoms in total. The molecule has 2 aromatic rings. The number of rotatable bonds is 10. The highest BCUT2D eigenvalue weighted by Gasteiger charge is 2.12. The Morgan fingerprint density at radius 1 is 1.18 bits per heavy atom. The minimum Gasteiger partial charge on any atom is -0.378 e. The molecule has 1 aliphatic rings. The van der Waals surface area contributed by atoms with E-state index in [0.717, 1.165) is 68.3 Å². The molecule has 0 bridgehead atoms. The Hall–Kier alpha value is -2.08. The van der Waals surface area contributed by atoms with Crippen LogP contribution in [-0.4, -0.2) is 48.3 Å². The fourth-order valence-electron chi connectivity index (χ4n) is 3.66. The molecular formula is C22H35N5O. The summed E-state index contributed by atoms with van der Waals surface area (Å²) in [5.74, 6) is 1.93. The zero-order valence-corrected chi connectivity index (χ0v) is 17.2. The van der Waals surface area contributed by atoms with Crippen LogP contribution in [0.3, 0.4) is 0 Å². The number of nitrogens with one attached hydrogen (secondary N) is 3.